The second-order valence-electron chi connectivity index (χ2n) is 4.96. The van der Waals surface area contributed by atoms with Gasteiger partial charge in [-0.15, -0.1) is 0 Å². The Labute approximate surface area is 138 Å². The Kier molecular flexibility index (Phi) is 4.68. The molecule has 0 amide bonds. The zero-order valence-electron chi connectivity index (χ0n) is 12.1. The Morgan fingerprint density at radius 2 is 1.77 bits per heavy atom. The van der Waals surface area contributed by atoms with E-state index in [1.54, 1.807) is 0 Å². The van der Waals surface area contributed by atoms with Crippen molar-refractivity contribution in [1.82, 2.24) is 4.57 Å². The summed E-state index contributed by atoms with van der Waals surface area (Å²) in [4.78, 5) is 1.86. The van der Waals surface area contributed by atoms with Gasteiger partial charge in [-0.2, -0.15) is 0 Å². The summed E-state index contributed by atoms with van der Waals surface area (Å²) in [5.41, 5.74) is 3.02. The summed E-state index contributed by atoms with van der Waals surface area (Å²) in [7, 11) is 2.02. The molecular weight excluding hydrogens is 365 g/mol. The van der Waals surface area contributed by atoms with Crippen molar-refractivity contribution >= 4 is 25.8 Å². The van der Waals surface area contributed by atoms with Gasteiger partial charge in [0.1, 0.15) is 0 Å². The summed E-state index contributed by atoms with van der Waals surface area (Å²) < 4.78 is 4.48. The van der Waals surface area contributed by atoms with Crippen molar-refractivity contribution in [3.05, 3.63) is 45.2 Å². The molecule has 0 saturated heterocycles. The fraction of sp³-hybridized carbons (Fsp3) is 0.250. The SMILES string of the molecule is Cn1c(-c2cc(CO)c(CO)s2)ccc1-c1ccc(CO)[se]1. The average molecular weight is 382 g/mol. The van der Waals surface area contributed by atoms with Crippen LogP contribution < -0.4 is 0 Å². The summed E-state index contributed by atoms with van der Waals surface area (Å²) in [6, 6.07) is 10.2. The molecule has 6 heteroatoms. The van der Waals surface area contributed by atoms with Gasteiger partial charge in [-0.25, -0.2) is 0 Å². The van der Waals surface area contributed by atoms with E-state index in [0.29, 0.717) is 0 Å². The Hall–Kier alpha value is -1.14. The number of nitrogens with zero attached hydrogens (tertiary/aromatic N) is 1. The standard InChI is InChI=1S/C16H17NO3SSe/c1-17-12(14-6-10(7-18)15(9-20)21-14)3-4-13(17)16-5-2-11(8-19)22-16/h2-6,18-20H,7-9H2,1H3. The van der Waals surface area contributed by atoms with Crippen LogP contribution in [0.5, 0.6) is 0 Å². The topological polar surface area (TPSA) is 65.6 Å². The van der Waals surface area contributed by atoms with Gasteiger partial charge < -0.3 is 0 Å². The molecule has 3 aromatic heterocycles. The van der Waals surface area contributed by atoms with E-state index in [4.69, 9.17) is 0 Å². The molecule has 0 aliphatic heterocycles. The zero-order valence-corrected chi connectivity index (χ0v) is 14.6. The molecule has 3 heterocycles. The van der Waals surface area contributed by atoms with Crippen molar-refractivity contribution in [3.63, 3.8) is 0 Å². The number of rotatable bonds is 5. The van der Waals surface area contributed by atoms with Gasteiger partial charge >= 0.3 is 139 Å². The van der Waals surface area contributed by atoms with Crippen LogP contribution >= 0.6 is 11.3 Å². The second-order valence-corrected chi connectivity index (χ2v) is 8.55. The van der Waals surface area contributed by atoms with Crippen LogP contribution in [0, 0.1) is 0 Å². The quantitative estimate of drug-likeness (QED) is 0.591. The van der Waals surface area contributed by atoms with Gasteiger partial charge in [0.15, 0.2) is 0 Å². The molecular formula is C16H17NO3SSe. The molecule has 22 heavy (non-hydrogen) atoms. The summed E-state index contributed by atoms with van der Waals surface area (Å²) >= 11 is 1.69. The Morgan fingerprint density at radius 1 is 1.00 bits per heavy atom. The van der Waals surface area contributed by atoms with E-state index >= 15 is 0 Å². The maximum absolute atomic E-state index is 9.37. The van der Waals surface area contributed by atoms with Crippen LogP contribution in [0.1, 0.15) is 14.9 Å². The first kappa shape index (κ1) is 15.7. The predicted molar refractivity (Wildman–Crippen MR) is 88.9 cm³/mol. The molecule has 0 bridgehead atoms. The molecule has 0 saturated carbocycles. The number of hydrogen-bond donors (Lipinski definition) is 3. The fourth-order valence-electron chi connectivity index (χ4n) is 2.47. The molecule has 0 aliphatic rings. The van der Waals surface area contributed by atoms with Crippen molar-refractivity contribution in [2.24, 2.45) is 7.05 Å². The van der Waals surface area contributed by atoms with Crippen LogP contribution in [0.2, 0.25) is 0 Å². The van der Waals surface area contributed by atoms with Crippen molar-refractivity contribution in [1.29, 1.82) is 0 Å². The third-order valence-electron chi connectivity index (χ3n) is 3.65. The summed E-state index contributed by atoms with van der Waals surface area (Å²) in [6.07, 6.45) is 0. The average Bonchev–Trinajstić information content (AvgIpc) is 3.23. The molecule has 0 radical (unpaired) electrons. The van der Waals surface area contributed by atoms with E-state index in [2.05, 4.69) is 22.8 Å². The second kappa shape index (κ2) is 6.54. The van der Waals surface area contributed by atoms with Gasteiger partial charge in [-0.05, 0) is 0 Å². The first-order valence-electron chi connectivity index (χ1n) is 6.87. The monoisotopic (exact) mass is 383 g/mol. The molecule has 3 rings (SSSR count). The van der Waals surface area contributed by atoms with E-state index in [1.807, 2.05) is 19.2 Å². The van der Waals surface area contributed by atoms with E-state index in [0.717, 1.165) is 31.1 Å². The zero-order chi connectivity index (χ0) is 15.7. The molecule has 3 N–H and O–H groups in total. The predicted octanol–water partition coefficient (Wildman–Crippen LogP) is 1.95. The molecule has 116 valence electrons. The molecule has 0 aromatic carbocycles. The fourth-order valence-corrected chi connectivity index (χ4v) is 5.51. The Bertz CT molecular complexity index is 766. The third-order valence-corrected chi connectivity index (χ3v) is 7.13. The Morgan fingerprint density at radius 3 is 2.36 bits per heavy atom. The van der Waals surface area contributed by atoms with Crippen molar-refractivity contribution in [2.75, 3.05) is 0 Å². The number of aromatic nitrogens is 1. The van der Waals surface area contributed by atoms with Crippen LogP contribution in [-0.4, -0.2) is 34.4 Å². The normalized spacial score (nSPS) is 11.3. The van der Waals surface area contributed by atoms with Crippen LogP contribution in [0.4, 0.5) is 0 Å². The van der Waals surface area contributed by atoms with Gasteiger partial charge in [0.05, 0.1) is 0 Å². The molecule has 0 fully saturated rings. The summed E-state index contributed by atoms with van der Waals surface area (Å²) in [6.45, 7) is 0.0273. The number of aliphatic hydroxyl groups is 3. The molecule has 0 aliphatic carbocycles. The summed E-state index contributed by atoms with van der Waals surface area (Å²) in [5.74, 6) is 0. The minimum atomic E-state index is -0.0539. The van der Waals surface area contributed by atoms with E-state index < -0.39 is 0 Å². The number of hydrogen-bond acceptors (Lipinski definition) is 4. The Balaban J connectivity index is 2.01. The first-order valence-corrected chi connectivity index (χ1v) is 9.40. The van der Waals surface area contributed by atoms with Gasteiger partial charge in [0.25, 0.3) is 0 Å². The van der Waals surface area contributed by atoms with Crippen LogP contribution in [0.15, 0.2) is 30.3 Å². The van der Waals surface area contributed by atoms with Gasteiger partial charge in [0.2, 0.25) is 0 Å². The minimum absolute atomic E-state index is 0.0458. The first-order chi connectivity index (χ1) is 10.7. The van der Waals surface area contributed by atoms with Crippen LogP contribution in [0.25, 0.3) is 20.7 Å². The molecule has 3 aromatic rings. The third kappa shape index (κ3) is 2.74. The van der Waals surface area contributed by atoms with Crippen molar-refractivity contribution in [3.8, 4) is 20.7 Å². The molecule has 4 nitrogen and oxygen atoms in total. The van der Waals surface area contributed by atoms with E-state index in [-0.39, 0.29) is 34.3 Å². The van der Waals surface area contributed by atoms with E-state index in [1.165, 1.54) is 15.8 Å². The van der Waals surface area contributed by atoms with Crippen LogP contribution in [0.3, 0.4) is 0 Å². The van der Waals surface area contributed by atoms with E-state index in [9.17, 15) is 15.3 Å². The van der Waals surface area contributed by atoms with Gasteiger partial charge in [-0.1, -0.05) is 0 Å². The van der Waals surface area contributed by atoms with Crippen LogP contribution in [-0.2, 0) is 26.9 Å². The number of aliphatic hydroxyl groups excluding tert-OH is 3. The number of thiophene rings is 1. The molecule has 0 atom stereocenters. The summed E-state index contributed by atoms with van der Waals surface area (Å²) in [5, 5.41) is 28.0. The van der Waals surface area contributed by atoms with Crippen molar-refractivity contribution < 1.29 is 15.3 Å². The van der Waals surface area contributed by atoms with Gasteiger partial charge in [0, 0.05) is 0 Å². The maximum atomic E-state index is 9.37. The van der Waals surface area contributed by atoms with Crippen molar-refractivity contribution in [2.45, 2.75) is 19.8 Å². The molecule has 0 spiro atoms. The van der Waals surface area contributed by atoms with Gasteiger partial charge in [-0.3, -0.25) is 0 Å². The molecule has 0 unspecified atom stereocenters.